The molecule has 8 nitrogen and oxygen atoms in total. The molecule has 1 atom stereocenters. The van der Waals surface area contributed by atoms with Crippen LogP contribution in [0.2, 0.25) is 0 Å². The van der Waals surface area contributed by atoms with E-state index in [1.54, 1.807) is 6.92 Å². The molecule has 1 aliphatic rings. The molecule has 30 heavy (non-hydrogen) atoms. The van der Waals surface area contributed by atoms with Gasteiger partial charge in [-0.15, -0.1) is 0 Å². The maximum Gasteiger partial charge on any atom is 0.283 e. The molecule has 150 valence electrons. The number of aromatic nitrogens is 5. The summed E-state index contributed by atoms with van der Waals surface area (Å²) in [5.41, 5.74) is 3.50. The van der Waals surface area contributed by atoms with Crippen LogP contribution in [0.5, 0.6) is 0 Å². The van der Waals surface area contributed by atoms with Gasteiger partial charge in [-0.1, -0.05) is 29.8 Å². The SMILES string of the molecule is Cc1cccc([C@H]2CC(=O)c3cnc4[nH]n(-c5nc(C)cc(=O)[nH]5)c(=O)c4c3C2)c1. The van der Waals surface area contributed by atoms with Crippen molar-refractivity contribution in [2.75, 3.05) is 0 Å². The van der Waals surface area contributed by atoms with Gasteiger partial charge in [0.1, 0.15) is 0 Å². The minimum Gasteiger partial charge on any atom is -0.294 e. The van der Waals surface area contributed by atoms with Gasteiger partial charge in [0.15, 0.2) is 11.4 Å². The molecule has 1 aromatic carbocycles. The Labute approximate surface area is 170 Å². The van der Waals surface area contributed by atoms with E-state index in [0.717, 1.165) is 11.1 Å². The Morgan fingerprint density at radius 2 is 1.93 bits per heavy atom. The lowest BCUT2D eigenvalue weighted by Crippen LogP contribution is -2.24. The molecule has 0 amide bonds. The second-order valence-electron chi connectivity index (χ2n) is 7.78. The zero-order chi connectivity index (χ0) is 21.0. The summed E-state index contributed by atoms with van der Waals surface area (Å²) in [5.74, 6) is 0.0654. The fraction of sp³-hybridized carbons (Fsp3) is 0.227. The van der Waals surface area contributed by atoms with Crippen molar-refractivity contribution in [3.63, 3.8) is 0 Å². The molecule has 0 spiro atoms. The van der Waals surface area contributed by atoms with Crippen molar-refractivity contribution in [1.29, 1.82) is 0 Å². The van der Waals surface area contributed by atoms with Gasteiger partial charge in [-0.2, -0.15) is 4.68 Å². The Morgan fingerprint density at radius 3 is 2.70 bits per heavy atom. The van der Waals surface area contributed by atoms with Crippen LogP contribution in [0.1, 0.15) is 45.1 Å². The van der Waals surface area contributed by atoms with Gasteiger partial charge in [0, 0.05) is 29.9 Å². The first-order valence-electron chi connectivity index (χ1n) is 9.71. The number of nitrogens with one attached hydrogen (secondary N) is 2. The fourth-order valence-electron chi connectivity index (χ4n) is 4.22. The van der Waals surface area contributed by atoms with Crippen LogP contribution in [-0.2, 0) is 6.42 Å². The number of H-pyrrole nitrogens is 2. The number of carbonyl (C=O) groups excluding carboxylic acids is 1. The van der Waals surface area contributed by atoms with Crippen LogP contribution in [0.25, 0.3) is 17.0 Å². The minimum atomic E-state index is -0.388. The summed E-state index contributed by atoms with van der Waals surface area (Å²) in [5, 5.41) is 3.28. The van der Waals surface area contributed by atoms with Crippen LogP contribution in [0.15, 0.2) is 46.1 Å². The highest BCUT2D eigenvalue weighted by molar-refractivity contribution is 6.02. The number of pyridine rings is 1. The molecule has 2 N–H and O–H groups in total. The van der Waals surface area contributed by atoms with E-state index < -0.39 is 0 Å². The molecule has 0 aliphatic heterocycles. The van der Waals surface area contributed by atoms with Gasteiger partial charge in [-0.05, 0) is 37.3 Å². The van der Waals surface area contributed by atoms with Crippen LogP contribution in [0, 0.1) is 13.8 Å². The van der Waals surface area contributed by atoms with Crippen LogP contribution >= 0.6 is 0 Å². The molecule has 4 aromatic rings. The quantitative estimate of drug-likeness (QED) is 0.535. The molecule has 0 fully saturated rings. The lowest BCUT2D eigenvalue weighted by molar-refractivity contribution is 0.0964. The monoisotopic (exact) mass is 401 g/mol. The topological polar surface area (TPSA) is 114 Å². The first kappa shape index (κ1) is 18.2. The highest BCUT2D eigenvalue weighted by atomic mass is 16.1. The predicted octanol–water partition coefficient (Wildman–Crippen LogP) is 2.33. The molecule has 0 bridgehead atoms. The molecular formula is C22H19N5O3. The van der Waals surface area contributed by atoms with E-state index in [2.05, 4.69) is 26.1 Å². The Hall–Kier alpha value is -3.81. The molecule has 0 radical (unpaired) electrons. The van der Waals surface area contributed by atoms with Crippen molar-refractivity contribution in [2.24, 2.45) is 0 Å². The normalized spacial score (nSPS) is 16.1. The molecule has 0 saturated heterocycles. The van der Waals surface area contributed by atoms with Crippen LogP contribution in [-0.4, -0.2) is 30.5 Å². The van der Waals surface area contributed by atoms with Crippen molar-refractivity contribution >= 4 is 16.8 Å². The van der Waals surface area contributed by atoms with E-state index in [9.17, 15) is 14.4 Å². The number of hydrogen-bond donors (Lipinski definition) is 2. The number of aryl methyl sites for hydroxylation is 2. The van der Waals surface area contributed by atoms with E-state index in [1.807, 2.05) is 25.1 Å². The fourth-order valence-corrected chi connectivity index (χ4v) is 4.22. The standard InChI is InChI=1S/C22H19N5O3/c1-11-4-3-5-13(6-11)14-8-15-16(17(28)9-14)10-23-20-19(15)21(30)27(26-20)22-24-12(2)7-18(29)25-22/h3-7,10,14H,8-9H2,1-2H3,(H,23,26)(H,24,25,29)/t14-/m1/s1. The average molecular weight is 401 g/mol. The Balaban J connectivity index is 1.69. The van der Waals surface area contributed by atoms with Gasteiger partial charge < -0.3 is 0 Å². The van der Waals surface area contributed by atoms with E-state index in [4.69, 9.17) is 0 Å². The van der Waals surface area contributed by atoms with Crippen LogP contribution < -0.4 is 11.1 Å². The van der Waals surface area contributed by atoms with Crippen molar-refractivity contribution in [3.8, 4) is 5.95 Å². The van der Waals surface area contributed by atoms with Gasteiger partial charge >= 0.3 is 0 Å². The summed E-state index contributed by atoms with van der Waals surface area (Å²) in [6, 6.07) is 9.45. The molecule has 0 unspecified atom stereocenters. The number of benzene rings is 1. The number of aromatic amines is 2. The number of nitrogens with zero attached hydrogens (tertiary/aromatic N) is 3. The number of fused-ring (bicyclic) bond motifs is 3. The largest absolute Gasteiger partial charge is 0.294 e. The second-order valence-corrected chi connectivity index (χ2v) is 7.78. The lowest BCUT2D eigenvalue weighted by atomic mass is 9.79. The highest BCUT2D eigenvalue weighted by Crippen LogP contribution is 2.35. The van der Waals surface area contributed by atoms with E-state index in [1.165, 1.54) is 16.9 Å². The third-order valence-corrected chi connectivity index (χ3v) is 5.59. The molecule has 5 rings (SSSR count). The van der Waals surface area contributed by atoms with Gasteiger partial charge in [0.2, 0.25) is 5.95 Å². The van der Waals surface area contributed by atoms with Crippen molar-refractivity contribution in [3.05, 3.63) is 85.2 Å². The number of hydrogen-bond acceptors (Lipinski definition) is 5. The highest BCUT2D eigenvalue weighted by Gasteiger charge is 2.30. The second kappa shape index (κ2) is 6.62. The summed E-state index contributed by atoms with van der Waals surface area (Å²) in [6.45, 7) is 3.70. The number of carbonyl (C=O) groups is 1. The summed E-state index contributed by atoms with van der Waals surface area (Å²) in [7, 11) is 0. The maximum atomic E-state index is 13.2. The maximum absolute atomic E-state index is 13.2. The lowest BCUT2D eigenvalue weighted by Gasteiger charge is -2.24. The molecule has 3 heterocycles. The zero-order valence-electron chi connectivity index (χ0n) is 16.5. The summed E-state index contributed by atoms with van der Waals surface area (Å²) >= 11 is 0. The Bertz CT molecular complexity index is 1440. The number of Topliss-reactive ketones (excluding diaryl/α,β-unsaturated/α-hetero) is 1. The van der Waals surface area contributed by atoms with Crippen LogP contribution in [0.4, 0.5) is 0 Å². The Kier molecular flexibility index (Phi) is 4.02. The summed E-state index contributed by atoms with van der Waals surface area (Å²) in [4.78, 5) is 49.0. The van der Waals surface area contributed by atoms with Crippen molar-refractivity contribution in [1.82, 2.24) is 24.7 Å². The van der Waals surface area contributed by atoms with E-state index in [-0.39, 0.29) is 28.8 Å². The van der Waals surface area contributed by atoms with Gasteiger partial charge in [-0.3, -0.25) is 24.5 Å². The third-order valence-electron chi connectivity index (χ3n) is 5.59. The van der Waals surface area contributed by atoms with Gasteiger partial charge in [0.25, 0.3) is 11.1 Å². The third kappa shape index (κ3) is 2.88. The molecular weight excluding hydrogens is 382 g/mol. The molecule has 0 saturated carbocycles. The molecule has 8 heteroatoms. The van der Waals surface area contributed by atoms with Gasteiger partial charge in [0.05, 0.1) is 5.39 Å². The number of rotatable bonds is 2. The molecule has 3 aromatic heterocycles. The van der Waals surface area contributed by atoms with Crippen molar-refractivity contribution in [2.45, 2.75) is 32.6 Å². The smallest absolute Gasteiger partial charge is 0.283 e. The predicted molar refractivity (Wildman–Crippen MR) is 111 cm³/mol. The summed E-state index contributed by atoms with van der Waals surface area (Å²) < 4.78 is 1.17. The molecule has 1 aliphatic carbocycles. The number of ketones is 1. The van der Waals surface area contributed by atoms with Crippen LogP contribution in [0.3, 0.4) is 0 Å². The van der Waals surface area contributed by atoms with E-state index in [0.29, 0.717) is 40.7 Å². The van der Waals surface area contributed by atoms with Crippen molar-refractivity contribution < 1.29 is 4.79 Å². The Morgan fingerprint density at radius 1 is 1.10 bits per heavy atom. The average Bonchev–Trinajstić information content (AvgIpc) is 3.04. The van der Waals surface area contributed by atoms with E-state index >= 15 is 0 Å². The first-order valence-corrected chi connectivity index (χ1v) is 9.71. The zero-order valence-corrected chi connectivity index (χ0v) is 16.5. The minimum absolute atomic E-state index is 0.00449. The van der Waals surface area contributed by atoms with Gasteiger partial charge in [-0.25, -0.2) is 9.97 Å². The summed E-state index contributed by atoms with van der Waals surface area (Å²) in [6.07, 6.45) is 2.47. The first-order chi connectivity index (χ1) is 14.4.